The average Bonchev–Trinajstić information content (AvgIpc) is 2.54. The molecule has 1 aliphatic rings. The molecule has 0 aromatic heterocycles. The Morgan fingerprint density at radius 3 is 2.14 bits per heavy atom. The molecule has 0 aliphatic carbocycles. The second kappa shape index (κ2) is 6.53. The highest BCUT2D eigenvalue weighted by Gasteiger charge is 2.30. The Hall–Kier alpha value is -1.47. The van der Waals surface area contributed by atoms with Gasteiger partial charge in [-0.3, -0.25) is 0 Å². The van der Waals surface area contributed by atoms with Gasteiger partial charge in [-0.05, 0) is 19.4 Å². The number of methoxy groups -OCH3 is 3. The molecule has 0 saturated carbocycles. The maximum atomic E-state index is 12.7. The third-order valence-corrected chi connectivity index (χ3v) is 5.83. The van der Waals surface area contributed by atoms with Gasteiger partial charge in [0.15, 0.2) is 21.3 Å². The molecule has 0 spiro atoms. The second-order valence-electron chi connectivity index (χ2n) is 4.87. The lowest BCUT2D eigenvalue weighted by molar-refractivity contribution is 0.322. The molecule has 1 N–H and O–H groups in total. The first kappa shape index (κ1) is 15.9. The molecule has 1 unspecified atom stereocenters. The predicted molar refractivity (Wildman–Crippen MR) is 79.2 cm³/mol. The number of hydrogen-bond acceptors (Lipinski definition) is 6. The summed E-state index contributed by atoms with van der Waals surface area (Å²) in [7, 11) is 0.992. The van der Waals surface area contributed by atoms with Crippen molar-refractivity contribution in [3.63, 3.8) is 0 Å². The number of piperidine rings is 1. The summed E-state index contributed by atoms with van der Waals surface area (Å²) in [5.41, 5.74) is 0. The molecule has 0 bridgehead atoms. The van der Waals surface area contributed by atoms with E-state index in [-0.39, 0.29) is 4.90 Å². The zero-order valence-electron chi connectivity index (χ0n) is 12.5. The molecule has 1 aromatic carbocycles. The van der Waals surface area contributed by atoms with E-state index in [2.05, 4.69) is 5.32 Å². The number of sulfone groups is 1. The van der Waals surface area contributed by atoms with Crippen molar-refractivity contribution in [1.29, 1.82) is 0 Å². The minimum absolute atomic E-state index is 0.200. The van der Waals surface area contributed by atoms with Gasteiger partial charge in [0.25, 0.3) is 0 Å². The molecule has 1 aromatic rings. The van der Waals surface area contributed by atoms with E-state index >= 15 is 0 Å². The Bertz CT molecular complexity index is 568. The normalized spacial score (nSPS) is 19.1. The molecule has 0 amide bonds. The van der Waals surface area contributed by atoms with Crippen LogP contribution in [0.2, 0.25) is 0 Å². The van der Waals surface area contributed by atoms with Crippen LogP contribution in [0.15, 0.2) is 17.0 Å². The van der Waals surface area contributed by atoms with E-state index in [0.29, 0.717) is 30.2 Å². The highest BCUT2D eigenvalue weighted by molar-refractivity contribution is 7.92. The lowest BCUT2D eigenvalue weighted by atomic mass is 10.2. The van der Waals surface area contributed by atoms with Crippen molar-refractivity contribution in [2.24, 2.45) is 0 Å². The molecule has 21 heavy (non-hydrogen) atoms. The molecular formula is C14H21NO5S. The standard InChI is InChI=1S/C14H21NO5S/c1-18-12-7-11(8-13(19-2)14(12)20-3)21(16,17)10-5-4-6-15-9-10/h7-8,10,15H,4-6,9H2,1-3H3. The van der Waals surface area contributed by atoms with E-state index in [1.54, 1.807) is 0 Å². The highest BCUT2D eigenvalue weighted by Crippen LogP contribution is 2.40. The fourth-order valence-corrected chi connectivity index (χ4v) is 4.24. The van der Waals surface area contributed by atoms with Gasteiger partial charge in [0.2, 0.25) is 5.75 Å². The van der Waals surface area contributed by atoms with Crippen LogP contribution >= 0.6 is 0 Å². The zero-order valence-corrected chi connectivity index (χ0v) is 13.3. The van der Waals surface area contributed by atoms with Crippen LogP contribution in [-0.2, 0) is 9.84 Å². The summed E-state index contributed by atoms with van der Waals surface area (Å²) < 4.78 is 41.1. The van der Waals surface area contributed by atoms with E-state index < -0.39 is 15.1 Å². The molecule has 1 aliphatic heterocycles. The molecule has 6 nitrogen and oxygen atoms in total. The fourth-order valence-electron chi connectivity index (χ4n) is 2.50. The summed E-state index contributed by atoms with van der Waals surface area (Å²) in [4.78, 5) is 0.200. The Labute approximate surface area is 125 Å². The van der Waals surface area contributed by atoms with Crippen molar-refractivity contribution >= 4 is 9.84 Å². The SMILES string of the molecule is COc1cc(S(=O)(=O)C2CCCNC2)cc(OC)c1OC. The van der Waals surface area contributed by atoms with Gasteiger partial charge >= 0.3 is 0 Å². The Morgan fingerprint density at radius 2 is 1.71 bits per heavy atom. The van der Waals surface area contributed by atoms with Crippen molar-refractivity contribution in [3.8, 4) is 17.2 Å². The van der Waals surface area contributed by atoms with Crippen LogP contribution in [-0.4, -0.2) is 48.1 Å². The van der Waals surface area contributed by atoms with Gasteiger partial charge in [-0.25, -0.2) is 8.42 Å². The van der Waals surface area contributed by atoms with Gasteiger partial charge < -0.3 is 19.5 Å². The van der Waals surface area contributed by atoms with Crippen molar-refractivity contribution < 1.29 is 22.6 Å². The molecule has 1 saturated heterocycles. The van der Waals surface area contributed by atoms with Gasteiger partial charge in [-0.2, -0.15) is 0 Å². The lowest BCUT2D eigenvalue weighted by Crippen LogP contribution is -2.38. The summed E-state index contributed by atoms with van der Waals surface area (Å²) in [6.45, 7) is 1.33. The van der Waals surface area contributed by atoms with Crippen molar-refractivity contribution in [2.45, 2.75) is 23.0 Å². The van der Waals surface area contributed by atoms with E-state index in [9.17, 15) is 8.42 Å². The number of rotatable bonds is 5. The third kappa shape index (κ3) is 3.08. The fraction of sp³-hybridized carbons (Fsp3) is 0.571. The average molecular weight is 315 g/mol. The minimum Gasteiger partial charge on any atom is -0.493 e. The monoisotopic (exact) mass is 315 g/mol. The number of nitrogens with one attached hydrogen (secondary N) is 1. The molecule has 0 radical (unpaired) electrons. The van der Waals surface area contributed by atoms with Crippen LogP contribution in [0.1, 0.15) is 12.8 Å². The van der Waals surface area contributed by atoms with Crippen LogP contribution < -0.4 is 19.5 Å². The smallest absolute Gasteiger partial charge is 0.203 e. The first-order valence-electron chi connectivity index (χ1n) is 6.79. The van der Waals surface area contributed by atoms with E-state index in [4.69, 9.17) is 14.2 Å². The van der Waals surface area contributed by atoms with Gasteiger partial charge in [0, 0.05) is 18.7 Å². The minimum atomic E-state index is -3.43. The molecule has 1 heterocycles. The van der Waals surface area contributed by atoms with Crippen LogP contribution in [0.3, 0.4) is 0 Å². The topological polar surface area (TPSA) is 73.9 Å². The Morgan fingerprint density at radius 1 is 1.10 bits per heavy atom. The largest absolute Gasteiger partial charge is 0.493 e. The summed E-state index contributed by atoms with van der Waals surface area (Å²) in [6, 6.07) is 2.98. The van der Waals surface area contributed by atoms with Gasteiger partial charge in [0.05, 0.1) is 31.5 Å². The van der Waals surface area contributed by atoms with Crippen molar-refractivity contribution in [1.82, 2.24) is 5.32 Å². The molecule has 118 valence electrons. The van der Waals surface area contributed by atoms with Crippen molar-refractivity contribution in [3.05, 3.63) is 12.1 Å². The van der Waals surface area contributed by atoms with Crippen LogP contribution in [0.25, 0.3) is 0 Å². The second-order valence-corrected chi connectivity index (χ2v) is 7.10. The first-order valence-corrected chi connectivity index (χ1v) is 8.33. The first-order chi connectivity index (χ1) is 10.0. The maximum absolute atomic E-state index is 12.7. The van der Waals surface area contributed by atoms with Crippen molar-refractivity contribution in [2.75, 3.05) is 34.4 Å². The van der Waals surface area contributed by atoms with E-state index in [1.165, 1.54) is 33.5 Å². The van der Waals surface area contributed by atoms with Gasteiger partial charge in [-0.1, -0.05) is 0 Å². The molecule has 1 fully saturated rings. The molecular weight excluding hydrogens is 294 g/mol. The third-order valence-electron chi connectivity index (χ3n) is 3.66. The Kier molecular flexibility index (Phi) is 4.95. The van der Waals surface area contributed by atoms with Gasteiger partial charge in [0.1, 0.15) is 0 Å². The maximum Gasteiger partial charge on any atom is 0.203 e. The Balaban J connectivity index is 2.47. The molecule has 7 heteroatoms. The summed E-state index contributed by atoms with van der Waals surface area (Å²) in [5, 5.41) is 2.70. The predicted octanol–water partition coefficient (Wildman–Crippen LogP) is 1.24. The number of benzene rings is 1. The van der Waals surface area contributed by atoms with Crippen LogP contribution in [0.4, 0.5) is 0 Å². The summed E-state index contributed by atoms with van der Waals surface area (Å²) in [6.07, 6.45) is 1.51. The summed E-state index contributed by atoms with van der Waals surface area (Å²) in [5.74, 6) is 1.08. The zero-order chi connectivity index (χ0) is 15.5. The summed E-state index contributed by atoms with van der Waals surface area (Å²) >= 11 is 0. The quantitative estimate of drug-likeness (QED) is 0.881. The number of hydrogen-bond donors (Lipinski definition) is 1. The molecule has 1 atom stereocenters. The van der Waals surface area contributed by atoms with Gasteiger partial charge in [-0.15, -0.1) is 0 Å². The highest BCUT2D eigenvalue weighted by atomic mass is 32.2. The molecule has 2 rings (SSSR count). The van der Waals surface area contributed by atoms with Crippen LogP contribution in [0.5, 0.6) is 17.2 Å². The number of ether oxygens (including phenoxy) is 3. The lowest BCUT2D eigenvalue weighted by Gasteiger charge is -2.23. The van der Waals surface area contributed by atoms with E-state index in [0.717, 1.165) is 13.0 Å². The van der Waals surface area contributed by atoms with E-state index in [1.807, 2.05) is 0 Å². The van der Waals surface area contributed by atoms with Crippen LogP contribution in [0, 0.1) is 0 Å².